The summed E-state index contributed by atoms with van der Waals surface area (Å²) in [6.07, 6.45) is 0.780. The average Bonchev–Trinajstić information content (AvgIpc) is 2.79. The minimum absolute atomic E-state index is 0.257. The quantitative estimate of drug-likeness (QED) is 0.792. The molecule has 0 aliphatic carbocycles. The van der Waals surface area contributed by atoms with Gasteiger partial charge in [0.05, 0.1) is 10.6 Å². The predicted molar refractivity (Wildman–Crippen MR) is 101 cm³/mol. The lowest BCUT2D eigenvalue weighted by molar-refractivity contribution is 0.276. The summed E-state index contributed by atoms with van der Waals surface area (Å²) in [5, 5.41) is 4.47. The minimum atomic E-state index is -3.54. The summed E-state index contributed by atoms with van der Waals surface area (Å²) >= 11 is 6.12. The van der Waals surface area contributed by atoms with Crippen LogP contribution in [-0.4, -0.2) is 49.0 Å². The van der Waals surface area contributed by atoms with Gasteiger partial charge in [0.2, 0.25) is 10.0 Å². The van der Waals surface area contributed by atoms with Gasteiger partial charge in [-0.05, 0) is 51.4 Å². The highest BCUT2D eigenvalue weighted by Gasteiger charge is 2.27. The molecule has 1 aliphatic rings. The van der Waals surface area contributed by atoms with E-state index in [1.54, 1.807) is 22.5 Å². The van der Waals surface area contributed by atoms with E-state index in [1.165, 1.54) is 0 Å². The molecule has 0 saturated carbocycles. The molecule has 0 atom stereocenters. The second-order valence-electron chi connectivity index (χ2n) is 6.75. The van der Waals surface area contributed by atoms with Gasteiger partial charge in [0.1, 0.15) is 5.76 Å². The molecule has 1 fully saturated rings. The Kier molecular flexibility index (Phi) is 5.72. The molecule has 0 N–H and O–H groups in total. The van der Waals surface area contributed by atoms with Gasteiger partial charge < -0.3 is 4.52 Å². The largest absolute Gasteiger partial charge is 0.361 e. The zero-order chi connectivity index (χ0) is 18.9. The predicted octanol–water partition coefficient (Wildman–Crippen LogP) is 3.15. The maximum Gasteiger partial charge on any atom is 0.243 e. The summed E-state index contributed by atoms with van der Waals surface area (Å²) in [4.78, 5) is 2.51. The molecule has 142 valence electrons. The summed E-state index contributed by atoms with van der Waals surface area (Å²) < 4.78 is 32.7. The number of aryl methyl sites for hydroxylation is 3. The van der Waals surface area contributed by atoms with E-state index in [-0.39, 0.29) is 4.90 Å². The number of sulfonamides is 1. The maximum atomic E-state index is 13.0. The van der Waals surface area contributed by atoms with Crippen LogP contribution in [0.4, 0.5) is 0 Å². The van der Waals surface area contributed by atoms with Crippen LogP contribution in [0.5, 0.6) is 0 Å². The van der Waals surface area contributed by atoms with Gasteiger partial charge in [-0.25, -0.2) is 8.42 Å². The molecule has 2 aromatic rings. The molecule has 3 rings (SSSR count). The van der Waals surface area contributed by atoms with Crippen molar-refractivity contribution in [1.29, 1.82) is 0 Å². The van der Waals surface area contributed by atoms with Crippen LogP contribution in [0.1, 0.15) is 29.0 Å². The summed E-state index contributed by atoms with van der Waals surface area (Å²) in [5.41, 5.74) is 2.85. The van der Waals surface area contributed by atoms with Crippen molar-refractivity contribution in [2.45, 2.75) is 38.6 Å². The Labute approximate surface area is 159 Å². The van der Waals surface area contributed by atoms with Gasteiger partial charge in [-0.2, -0.15) is 4.31 Å². The molecule has 1 aromatic heterocycles. The second kappa shape index (κ2) is 7.68. The fraction of sp³-hybridized carbons (Fsp3) is 0.500. The van der Waals surface area contributed by atoms with Crippen molar-refractivity contribution in [3.05, 3.63) is 45.8 Å². The summed E-state index contributed by atoms with van der Waals surface area (Å²) in [6, 6.07) is 4.92. The van der Waals surface area contributed by atoms with Crippen LogP contribution in [0, 0.1) is 20.8 Å². The molecule has 0 unspecified atom stereocenters. The third kappa shape index (κ3) is 3.96. The topological polar surface area (TPSA) is 66.7 Å². The number of hydrogen-bond donors (Lipinski definition) is 0. The van der Waals surface area contributed by atoms with Gasteiger partial charge in [-0.3, -0.25) is 4.90 Å². The van der Waals surface area contributed by atoms with Crippen LogP contribution in [-0.2, 0) is 16.6 Å². The normalized spacial score (nSPS) is 17.4. The van der Waals surface area contributed by atoms with Gasteiger partial charge in [-0.15, -0.1) is 0 Å². The molecule has 0 amide bonds. The average molecular weight is 398 g/mol. The first-order valence-electron chi connectivity index (χ1n) is 8.69. The van der Waals surface area contributed by atoms with Crippen LogP contribution in [0.2, 0.25) is 5.02 Å². The SMILES string of the molecule is Cc1ccc(S(=O)(=O)N2CCCN(Cc3c(C)noc3C)CC2)cc1Cl. The fourth-order valence-electron chi connectivity index (χ4n) is 3.18. The Morgan fingerprint density at radius 3 is 2.58 bits per heavy atom. The molecule has 26 heavy (non-hydrogen) atoms. The van der Waals surface area contributed by atoms with E-state index >= 15 is 0 Å². The lowest BCUT2D eigenvalue weighted by atomic mass is 10.2. The molecule has 1 aliphatic heterocycles. The molecule has 2 heterocycles. The van der Waals surface area contributed by atoms with Crippen molar-refractivity contribution in [3.8, 4) is 0 Å². The highest BCUT2D eigenvalue weighted by molar-refractivity contribution is 7.89. The monoisotopic (exact) mass is 397 g/mol. The van der Waals surface area contributed by atoms with E-state index in [9.17, 15) is 8.42 Å². The van der Waals surface area contributed by atoms with E-state index in [4.69, 9.17) is 16.1 Å². The lowest BCUT2D eigenvalue weighted by Crippen LogP contribution is -2.35. The zero-order valence-electron chi connectivity index (χ0n) is 15.3. The second-order valence-corrected chi connectivity index (χ2v) is 9.09. The van der Waals surface area contributed by atoms with Crippen LogP contribution >= 0.6 is 11.6 Å². The van der Waals surface area contributed by atoms with Crippen molar-refractivity contribution < 1.29 is 12.9 Å². The van der Waals surface area contributed by atoms with Gasteiger partial charge in [-0.1, -0.05) is 22.8 Å². The van der Waals surface area contributed by atoms with Crippen LogP contribution in [0.3, 0.4) is 0 Å². The fourth-order valence-corrected chi connectivity index (χ4v) is 4.92. The first-order chi connectivity index (χ1) is 12.3. The van der Waals surface area contributed by atoms with Crippen LogP contribution < -0.4 is 0 Å². The van der Waals surface area contributed by atoms with Crippen LogP contribution in [0.15, 0.2) is 27.6 Å². The van der Waals surface area contributed by atoms with Gasteiger partial charge in [0.25, 0.3) is 0 Å². The van der Waals surface area contributed by atoms with E-state index < -0.39 is 10.0 Å². The number of aromatic nitrogens is 1. The first-order valence-corrected chi connectivity index (χ1v) is 10.5. The lowest BCUT2D eigenvalue weighted by Gasteiger charge is -2.22. The van der Waals surface area contributed by atoms with Crippen molar-refractivity contribution in [2.75, 3.05) is 26.2 Å². The van der Waals surface area contributed by atoms with Crippen molar-refractivity contribution >= 4 is 21.6 Å². The van der Waals surface area contributed by atoms with Gasteiger partial charge in [0, 0.05) is 36.8 Å². The molecule has 0 spiro atoms. The third-order valence-electron chi connectivity index (χ3n) is 4.89. The molecule has 1 aromatic carbocycles. The number of benzene rings is 1. The third-order valence-corrected chi connectivity index (χ3v) is 7.19. The van der Waals surface area contributed by atoms with Crippen molar-refractivity contribution in [3.63, 3.8) is 0 Å². The van der Waals surface area contributed by atoms with Gasteiger partial charge in [0.15, 0.2) is 0 Å². The van der Waals surface area contributed by atoms with Crippen molar-refractivity contribution in [2.24, 2.45) is 0 Å². The Hall–Kier alpha value is -1.41. The first kappa shape index (κ1) is 19.4. The Bertz CT molecular complexity index is 876. The molecular weight excluding hydrogens is 374 g/mol. The Morgan fingerprint density at radius 2 is 1.92 bits per heavy atom. The molecule has 1 saturated heterocycles. The van der Waals surface area contributed by atoms with E-state index in [1.807, 2.05) is 20.8 Å². The molecule has 0 bridgehead atoms. The Balaban J connectivity index is 1.72. The smallest absolute Gasteiger partial charge is 0.243 e. The molecule has 8 heteroatoms. The summed E-state index contributed by atoms with van der Waals surface area (Å²) in [5.74, 6) is 0.825. The van der Waals surface area contributed by atoms with Gasteiger partial charge >= 0.3 is 0 Å². The summed E-state index contributed by atoms with van der Waals surface area (Å²) in [6.45, 7) is 8.89. The minimum Gasteiger partial charge on any atom is -0.361 e. The number of hydrogen-bond acceptors (Lipinski definition) is 5. The molecule has 6 nitrogen and oxygen atoms in total. The summed E-state index contributed by atoms with van der Waals surface area (Å²) in [7, 11) is -3.54. The number of nitrogens with zero attached hydrogens (tertiary/aromatic N) is 3. The van der Waals surface area contributed by atoms with Crippen LogP contribution in [0.25, 0.3) is 0 Å². The van der Waals surface area contributed by atoms with Crippen molar-refractivity contribution in [1.82, 2.24) is 14.4 Å². The zero-order valence-corrected chi connectivity index (χ0v) is 16.9. The molecular formula is C18H24ClN3O3S. The highest BCUT2D eigenvalue weighted by Crippen LogP contribution is 2.24. The standard InChI is InChI=1S/C18H24ClN3O3S/c1-13-5-6-16(11-18(13)19)26(23,24)22-8-4-7-21(9-10-22)12-17-14(2)20-25-15(17)3/h5-6,11H,4,7-10,12H2,1-3H3. The number of halogens is 1. The van der Waals surface area contributed by atoms with E-state index in [0.29, 0.717) is 24.7 Å². The van der Waals surface area contributed by atoms with E-state index in [0.717, 1.165) is 42.1 Å². The van der Waals surface area contributed by atoms with E-state index in [2.05, 4.69) is 10.1 Å². The molecule has 0 radical (unpaired) electrons. The Morgan fingerprint density at radius 1 is 1.15 bits per heavy atom. The highest BCUT2D eigenvalue weighted by atomic mass is 35.5. The maximum absolute atomic E-state index is 13.0. The number of rotatable bonds is 4.